The number of esters is 1. The molecule has 0 unspecified atom stereocenters. The van der Waals surface area contributed by atoms with Gasteiger partial charge in [0.1, 0.15) is 5.75 Å². The van der Waals surface area contributed by atoms with Crippen molar-refractivity contribution in [2.45, 2.75) is 31.6 Å². The number of carbonyl (C=O) groups is 2. The Morgan fingerprint density at radius 3 is 2.14 bits per heavy atom. The van der Waals surface area contributed by atoms with Crippen LogP contribution >= 0.6 is 11.6 Å². The Bertz CT molecular complexity index is 1400. The fourth-order valence-electron chi connectivity index (χ4n) is 4.19. The molecular formula is C28H29ClN2O5S. The van der Waals surface area contributed by atoms with Crippen LogP contribution in [0.1, 0.15) is 34.3 Å². The number of nitrogens with zero attached hydrogens (tertiary/aromatic N) is 2. The number of carbonyl (C=O) groups excluding carboxylic acids is 2. The molecule has 0 aliphatic carbocycles. The second kappa shape index (κ2) is 10.9. The van der Waals surface area contributed by atoms with Crippen molar-refractivity contribution in [2.75, 3.05) is 24.4 Å². The maximum atomic E-state index is 13.1. The van der Waals surface area contributed by atoms with E-state index in [1.807, 2.05) is 13.8 Å². The maximum absolute atomic E-state index is 13.1. The summed E-state index contributed by atoms with van der Waals surface area (Å²) in [6.45, 7) is 4.72. The Balaban J connectivity index is 1.34. The van der Waals surface area contributed by atoms with Crippen LogP contribution in [0, 0.1) is 19.8 Å². The van der Waals surface area contributed by atoms with Crippen LogP contribution in [0.2, 0.25) is 5.02 Å². The van der Waals surface area contributed by atoms with Crippen molar-refractivity contribution in [1.82, 2.24) is 4.90 Å². The highest BCUT2D eigenvalue weighted by molar-refractivity contribution is 7.92. The molecule has 1 saturated heterocycles. The number of sulfonamides is 1. The van der Waals surface area contributed by atoms with Crippen LogP contribution in [0.5, 0.6) is 5.75 Å². The van der Waals surface area contributed by atoms with E-state index in [0.29, 0.717) is 48.0 Å². The van der Waals surface area contributed by atoms with Gasteiger partial charge in [0, 0.05) is 30.7 Å². The highest BCUT2D eigenvalue weighted by Gasteiger charge is 2.29. The maximum Gasteiger partial charge on any atom is 0.314 e. The number of likely N-dealkylation sites (tertiary alicyclic amines) is 1. The molecule has 0 bridgehead atoms. The molecule has 0 aromatic heterocycles. The molecule has 3 aromatic rings. The van der Waals surface area contributed by atoms with Crippen molar-refractivity contribution in [3.63, 3.8) is 0 Å². The van der Waals surface area contributed by atoms with Crippen molar-refractivity contribution in [2.24, 2.45) is 5.92 Å². The van der Waals surface area contributed by atoms with E-state index in [-0.39, 0.29) is 22.7 Å². The number of hydrogen-bond donors (Lipinski definition) is 0. The van der Waals surface area contributed by atoms with Crippen LogP contribution in [0.3, 0.4) is 0 Å². The molecule has 3 aromatic carbocycles. The van der Waals surface area contributed by atoms with E-state index in [0.717, 1.165) is 11.1 Å². The number of aryl methyl sites for hydroxylation is 2. The molecule has 1 aliphatic heterocycles. The lowest BCUT2D eigenvalue weighted by molar-refractivity contribution is -0.140. The zero-order valence-corrected chi connectivity index (χ0v) is 22.6. The monoisotopic (exact) mass is 540 g/mol. The number of rotatable bonds is 6. The fourth-order valence-corrected chi connectivity index (χ4v) is 5.60. The number of hydrogen-bond acceptors (Lipinski definition) is 5. The normalized spacial score (nSPS) is 14.3. The van der Waals surface area contributed by atoms with Gasteiger partial charge in [-0.05, 0) is 98.5 Å². The number of piperidine rings is 1. The summed E-state index contributed by atoms with van der Waals surface area (Å²) in [4.78, 5) is 27.4. The van der Waals surface area contributed by atoms with Crippen molar-refractivity contribution in [1.29, 1.82) is 0 Å². The van der Waals surface area contributed by atoms with E-state index in [1.54, 1.807) is 71.6 Å². The van der Waals surface area contributed by atoms with Crippen molar-refractivity contribution >= 4 is 39.2 Å². The molecule has 37 heavy (non-hydrogen) atoms. The van der Waals surface area contributed by atoms with E-state index in [9.17, 15) is 18.0 Å². The Morgan fingerprint density at radius 2 is 1.54 bits per heavy atom. The Morgan fingerprint density at radius 1 is 0.919 bits per heavy atom. The van der Waals surface area contributed by atoms with Crippen LogP contribution in [0.25, 0.3) is 0 Å². The Hall–Kier alpha value is -3.36. The second-order valence-corrected chi connectivity index (χ2v) is 11.6. The van der Waals surface area contributed by atoms with Crippen molar-refractivity contribution in [3.05, 3.63) is 88.4 Å². The summed E-state index contributed by atoms with van der Waals surface area (Å²) in [5.41, 5.74) is 2.94. The SMILES string of the molecule is Cc1ccc(S(=O)(=O)N(C)c2ccc(OC(=O)C3CCN(C(=O)c4ccc(Cl)cc4)CC3)cc2)cc1C. The molecule has 1 amide bonds. The summed E-state index contributed by atoms with van der Waals surface area (Å²) in [6, 6.07) is 18.2. The van der Waals surface area contributed by atoms with Gasteiger partial charge in [0.05, 0.1) is 16.5 Å². The van der Waals surface area contributed by atoms with Crippen LogP contribution in [0.4, 0.5) is 5.69 Å². The van der Waals surface area contributed by atoms with Gasteiger partial charge in [-0.1, -0.05) is 17.7 Å². The Kier molecular flexibility index (Phi) is 7.90. The smallest absolute Gasteiger partial charge is 0.314 e. The van der Waals surface area contributed by atoms with Gasteiger partial charge in [-0.2, -0.15) is 0 Å². The lowest BCUT2D eigenvalue weighted by Gasteiger charge is -2.31. The zero-order chi connectivity index (χ0) is 26.7. The topological polar surface area (TPSA) is 84.0 Å². The molecular weight excluding hydrogens is 512 g/mol. The molecule has 194 valence electrons. The molecule has 1 fully saturated rings. The van der Waals surface area contributed by atoms with E-state index < -0.39 is 10.0 Å². The number of ether oxygens (including phenoxy) is 1. The minimum Gasteiger partial charge on any atom is -0.426 e. The Labute approximate surface area is 222 Å². The standard InChI is InChI=1S/C28H29ClN2O5S/c1-19-4-13-26(18-20(19)2)37(34,35)30(3)24-9-11-25(12-10-24)36-28(33)22-14-16-31(17-15-22)27(32)21-5-7-23(29)8-6-21/h4-13,18,22H,14-17H2,1-3H3. The van der Waals surface area contributed by atoms with E-state index in [2.05, 4.69) is 0 Å². The summed E-state index contributed by atoms with van der Waals surface area (Å²) < 4.78 is 32.9. The van der Waals surface area contributed by atoms with Crippen LogP contribution < -0.4 is 9.04 Å². The summed E-state index contributed by atoms with van der Waals surface area (Å²) in [7, 11) is -2.24. The third-order valence-corrected chi connectivity index (χ3v) is 8.80. The molecule has 0 atom stereocenters. The van der Waals surface area contributed by atoms with E-state index >= 15 is 0 Å². The number of anilines is 1. The molecule has 1 heterocycles. The predicted molar refractivity (Wildman–Crippen MR) is 144 cm³/mol. The van der Waals surface area contributed by atoms with E-state index in [4.69, 9.17) is 16.3 Å². The van der Waals surface area contributed by atoms with Gasteiger partial charge < -0.3 is 9.64 Å². The minimum atomic E-state index is -3.73. The summed E-state index contributed by atoms with van der Waals surface area (Å²) in [5, 5.41) is 0.570. The number of amides is 1. The second-order valence-electron chi connectivity index (χ2n) is 9.21. The lowest BCUT2D eigenvalue weighted by Crippen LogP contribution is -2.41. The first-order valence-corrected chi connectivity index (χ1v) is 13.8. The molecule has 9 heteroatoms. The highest BCUT2D eigenvalue weighted by Crippen LogP contribution is 2.27. The van der Waals surface area contributed by atoms with Crippen LogP contribution in [0.15, 0.2) is 71.6 Å². The minimum absolute atomic E-state index is 0.0843. The first-order valence-electron chi connectivity index (χ1n) is 12.0. The largest absolute Gasteiger partial charge is 0.426 e. The molecule has 1 aliphatic rings. The predicted octanol–water partition coefficient (Wildman–Crippen LogP) is 5.24. The summed E-state index contributed by atoms with van der Waals surface area (Å²) in [5.74, 6) is -0.423. The molecule has 7 nitrogen and oxygen atoms in total. The van der Waals surface area contributed by atoms with Crippen LogP contribution in [-0.2, 0) is 14.8 Å². The molecule has 0 radical (unpaired) electrons. The van der Waals surface area contributed by atoms with Gasteiger partial charge in [0.25, 0.3) is 15.9 Å². The first kappa shape index (κ1) is 26.7. The number of halogens is 1. The third kappa shape index (κ3) is 5.97. The highest BCUT2D eigenvalue weighted by atomic mass is 35.5. The van der Waals surface area contributed by atoms with Gasteiger partial charge >= 0.3 is 5.97 Å². The number of benzene rings is 3. The average molecular weight is 541 g/mol. The molecule has 0 N–H and O–H groups in total. The lowest BCUT2D eigenvalue weighted by atomic mass is 9.96. The van der Waals surface area contributed by atoms with Gasteiger partial charge in [0.15, 0.2) is 0 Å². The van der Waals surface area contributed by atoms with Gasteiger partial charge in [-0.25, -0.2) is 8.42 Å². The first-order chi connectivity index (χ1) is 17.6. The average Bonchev–Trinajstić information content (AvgIpc) is 2.90. The fraction of sp³-hybridized carbons (Fsp3) is 0.286. The molecule has 0 saturated carbocycles. The molecule has 4 rings (SSSR count). The van der Waals surface area contributed by atoms with Gasteiger partial charge in [-0.15, -0.1) is 0 Å². The van der Waals surface area contributed by atoms with Crippen molar-refractivity contribution < 1.29 is 22.7 Å². The van der Waals surface area contributed by atoms with Gasteiger partial charge in [0.2, 0.25) is 0 Å². The van der Waals surface area contributed by atoms with E-state index in [1.165, 1.54) is 11.4 Å². The quantitative estimate of drug-likeness (QED) is 0.315. The van der Waals surface area contributed by atoms with Crippen LogP contribution in [-0.4, -0.2) is 45.3 Å². The molecule has 0 spiro atoms. The summed E-state index contributed by atoms with van der Waals surface area (Å²) in [6.07, 6.45) is 1.01. The van der Waals surface area contributed by atoms with Gasteiger partial charge in [-0.3, -0.25) is 13.9 Å². The third-order valence-electron chi connectivity index (χ3n) is 6.76. The summed E-state index contributed by atoms with van der Waals surface area (Å²) >= 11 is 5.90. The van der Waals surface area contributed by atoms with Crippen molar-refractivity contribution in [3.8, 4) is 5.75 Å². The zero-order valence-electron chi connectivity index (χ0n) is 21.0.